The SMILES string of the molecule is CNC(=O)/C=C/C(=O)N1CC(Nc2cc(-c3ccncc3)c[nH]c2=O)C1. The summed E-state index contributed by atoms with van der Waals surface area (Å²) in [5, 5.41) is 5.57. The van der Waals surface area contributed by atoms with Gasteiger partial charge in [-0.05, 0) is 23.8 Å². The molecule has 0 spiro atoms. The van der Waals surface area contributed by atoms with Crippen molar-refractivity contribution in [1.29, 1.82) is 0 Å². The Morgan fingerprint density at radius 3 is 2.65 bits per heavy atom. The number of H-pyrrole nitrogens is 1. The highest BCUT2D eigenvalue weighted by atomic mass is 16.2. The van der Waals surface area contributed by atoms with Gasteiger partial charge in [-0.1, -0.05) is 0 Å². The molecular formula is C18H19N5O3. The minimum Gasteiger partial charge on any atom is -0.374 e. The van der Waals surface area contributed by atoms with Crippen LogP contribution in [-0.2, 0) is 9.59 Å². The van der Waals surface area contributed by atoms with Crippen LogP contribution in [0.25, 0.3) is 11.1 Å². The molecule has 134 valence electrons. The number of likely N-dealkylation sites (N-methyl/N-ethyl adjacent to an activating group) is 1. The minimum atomic E-state index is -0.326. The number of aromatic amines is 1. The van der Waals surface area contributed by atoms with Gasteiger partial charge < -0.3 is 20.5 Å². The lowest BCUT2D eigenvalue weighted by Gasteiger charge is -2.39. The van der Waals surface area contributed by atoms with E-state index in [2.05, 4.69) is 20.6 Å². The quantitative estimate of drug-likeness (QED) is 0.673. The Kier molecular flexibility index (Phi) is 5.12. The van der Waals surface area contributed by atoms with Gasteiger partial charge in [0.15, 0.2) is 0 Å². The summed E-state index contributed by atoms with van der Waals surface area (Å²) in [5.41, 5.74) is 2.06. The molecule has 0 aromatic carbocycles. The number of likely N-dealkylation sites (tertiary alicyclic amines) is 1. The second kappa shape index (κ2) is 7.64. The number of nitrogens with zero attached hydrogens (tertiary/aromatic N) is 2. The highest BCUT2D eigenvalue weighted by Gasteiger charge is 2.29. The molecule has 3 rings (SSSR count). The molecule has 26 heavy (non-hydrogen) atoms. The van der Waals surface area contributed by atoms with Crippen LogP contribution in [-0.4, -0.2) is 52.9 Å². The molecule has 1 aliphatic heterocycles. The Bertz CT molecular complexity index is 885. The molecule has 0 aliphatic carbocycles. The molecule has 8 nitrogen and oxygen atoms in total. The van der Waals surface area contributed by atoms with Gasteiger partial charge in [-0.25, -0.2) is 0 Å². The molecular weight excluding hydrogens is 334 g/mol. The van der Waals surface area contributed by atoms with Crippen molar-refractivity contribution in [2.45, 2.75) is 6.04 Å². The summed E-state index contributed by atoms with van der Waals surface area (Å²) in [7, 11) is 1.50. The predicted octanol–water partition coefficient (Wildman–Crippen LogP) is 0.362. The van der Waals surface area contributed by atoms with Crippen LogP contribution in [0, 0.1) is 0 Å². The fourth-order valence-electron chi connectivity index (χ4n) is 2.61. The number of pyridine rings is 2. The van der Waals surface area contributed by atoms with Gasteiger partial charge in [-0.3, -0.25) is 19.4 Å². The molecule has 8 heteroatoms. The number of aromatic nitrogens is 2. The van der Waals surface area contributed by atoms with E-state index in [1.807, 2.05) is 12.1 Å². The van der Waals surface area contributed by atoms with Crippen molar-refractivity contribution in [1.82, 2.24) is 20.2 Å². The number of anilines is 1. The van der Waals surface area contributed by atoms with Crippen LogP contribution in [0.2, 0.25) is 0 Å². The molecule has 0 radical (unpaired) electrons. The summed E-state index contributed by atoms with van der Waals surface area (Å²) in [6.07, 6.45) is 7.48. The number of hydrogen-bond acceptors (Lipinski definition) is 5. The Labute approximate surface area is 149 Å². The topological polar surface area (TPSA) is 107 Å². The lowest BCUT2D eigenvalue weighted by Crippen LogP contribution is -2.57. The number of carbonyl (C=O) groups excluding carboxylic acids is 2. The van der Waals surface area contributed by atoms with Crippen molar-refractivity contribution in [2.24, 2.45) is 0 Å². The third kappa shape index (κ3) is 3.97. The smallest absolute Gasteiger partial charge is 0.271 e. The van der Waals surface area contributed by atoms with Gasteiger partial charge in [0.2, 0.25) is 11.8 Å². The Balaban J connectivity index is 1.61. The zero-order valence-electron chi connectivity index (χ0n) is 14.2. The van der Waals surface area contributed by atoms with E-state index in [1.165, 1.54) is 19.2 Å². The number of rotatable bonds is 5. The molecule has 2 aromatic heterocycles. The zero-order valence-corrected chi connectivity index (χ0v) is 14.2. The Morgan fingerprint density at radius 2 is 1.96 bits per heavy atom. The Morgan fingerprint density at radius 1 is 1.23 bits per heavy atom. The van der Waals surface area contributed by atoms with E-state index in [0.29, 0.717) is 18.8 Å². The van der Waals surface area contributed by atoms with E-state index in [-0.39, 0.29) is 23.4 Å². The van der Waals surface area contributed by atoms with E-state index >= 15 is 0 Å². The van der Waals surface area contributed by atoms with Crippen LogP contribution in [0.15, 0.2) is 53.7 Å². The number of amides is 2. The normalized spacial score (nSPS) is 14.1. The molecule has 3 N–H and O–H groups in total. The molecule has 1 aliphatic rings. The summed E-state index contributed by atoms with van der Waals surface area (Å²) in [5.74, 6) is -0.556. The van der Waals surface area contributed by atoms with E-state index in [0.717, 1.165) is 11.1 Å². The van der Waals surface area contributed by atoms with E-state index in [1.54, 1.807) is 29.6 Å². The first kappa shape index (κ1) is 17.4. The second-order valence-corrected chi connectivity index (χ2v) is 5.90. The summed E-state index contributed by atoms with van der Waals surface area (Å²) in [6, 6.07) is 5.49. The van der Waals surface area contributed by atoms with Crippen LogP contribution < -0.4 is 16.2 Å². The highest BCUT2D eigenvalue weighted by molar-refractivity contribution is 5.96. The molecule has 0 bridgehead atoms. The van der Waals surface area contributed by atoms with Crippen LogP contribution in [0.3, 0.4) is 0 Å². The van der Waals surface area contributed by atoms with Gasteiger partial charge in [0, 0.05) is 56.4 Å². The monoisotopic (exact) mass is 353 g/mol. The van der Waals surface area contributed by atoms with Gasteiger partial charge in [0.25, 0.3) is 5.56 Å². The van der Waals surface area contributed by atoms with Crippen LogP contribution in [0.1, 0.15) is 0 Å². The summed E-state index contributed by atoms with van der Waals surface area (Å²) in [6.45, 7) is 0.936. The molecule has 2 aromatic rings. The first-order valence-electron chi connectivity index (χ1n) is 8.15. The molecule has 2 amide bonds. The zero-order chi connectivity index (χ0) is 18.5. The van der Waals surface area contributed by atoms with Crippen molar-refractivity contribution in [3.05, 3.63) is 59.3 Å². The summed E-state index contributed by atoms with van der Waals surface area (Å²) < 4.78 is 0. The highest BCUT2D eigenvalue weighted by Crippen LogP contribution is 2.20. The predicted molar refractivity (Wildman–Crippen MR) is 97.5 cm³/mol. The fourth-order valence-corrected chi connectivity index (χ4v) is 2.61. The van der Waals surface area contributed by atoms with Gasteiger partial charge in [-0.2, -0.15) is 0 Å². The van der Waals surface area contributed by atoms with Crippen molar-refractivity contribution in [2.75, 3.05) is 25.5 Å². The maximum absolute atomic E-state index is 12.0. The van der Waals surface area contributed by atoms with Gasteiger partial charge >= 0.3 is 0 Å². The standard InChI is InChI=1S/C18H19N5O3/c1-19-16(24)2-3-17(25)23-10-14(11-23)22-15-8-13(9-21-18(15)26)12-4-6-20-7-5-12/h2-9,14,22H,10-11H2,1H3,(H,19,24)(H,21,26)/b3-2+. The molecule has 3 heterocycles. The fraction of sp³-hybridized carbons (Fsp3) is 0.222. The van der Waals surface area contributed by atoms with Crippen molar-refractivity contribution >= 4 is 17.5 Å². The number of hydrogen-bond donors (Lipinski definition) is 3. The average molecular weight is 353 g/mol. The molecule has 1 fully saturated rings. The molecule has 0 unspecified atom stereocenters. The molecule has 0 atom stereocenters. The number of carbonyl (C=O) groups is 2. The summed E-state index contributed by atoms with van der Waals surface area (Å²) in [4.78, 5) is 43.4. The average Bonchev–Trinajstić information content (AvgIpc) is 2.64. The second-order valence-electron chi connectivity index (χ2n) is 5.90. The third-order valence-electron chi connectivity index (χ3n) is 4.09. The first-order chi connectivity index (χ1) is 12.6. The van der Waals surface area contributed by atoms with E-state index in [9.17, 15) is 14.4 Å². The van der Waals surface area contributed by atoms with Crippen LogP contribution >= 0.6 is 0 Å². The van der Waals surface area contributed by atoms with Crippen molar-refractivity contribution < 1.29 is 9.59 Å². The minimum absolute atomic E-state index is 0.0128. The molecule has 1 saturated heterocycles. The van der Waals surface area contributed by atoms with Gasteiger partial charge in [0.1, 0.15) is 5.69 Å². The van der Waals surface area contributed by atoms with Crippen LogP contribution in [0.4, 0.5) is 5.69 Å². The van der Waals surface area contributed by atoms with Gasteiger partial charge in [-0.15, -0.1) is 0 Å². The Hall–Kier alpha value is -3.42. The van der Waals surface area contributed by atoms with Crippen LogP contribution in [0.5, 0.6) is 0 Å². The largest absolute Gasteiger partial charge is 0.374 e. The van der Waals surface area contributed by atoms with E-state index in [4.69, 9.17) is 0 Å². The van der Waals surface area contributed by atoms with E-state index < -0.39 is 0 Å². The van der Waals surface area contributed by atoms with Gasteiger partial charge in [0.05, 0.1) is 6.04 Å². The maximum Gasteiger partial charge on any atom is 0.271 e. The first-order valence-corrected chi connectivity index (χ1v) is 8.15. The number of nitrogens with one attached hydrogen (secondary N) is 3. The third-order valence-corrected chi connectivity index (χ3v) is 4.09. The molecule has 0 saturated carbocycles. The van der Waals surface area contributed by atoms with Crippen molar-refractivity contribution in [3.63, 3.8) is 0 Å². The lowest BCUT2D eigenvalue weighted by molar-refractivity contribution is -0.130. The maximum atomic E-state index is 12.0. The summed E-state index contributed by atoms with van der Waals surface area (Å²) >= 11 is 0. The lowest BCUT2D eigenvalue weighted by atomic mass is 10.1. The van der Waals surface area contributed by atoms with Crippen molar-refractivity contribution in [3.8, 4) is 11.1 Å².